The summed E-state index contributed by atoms with van der Waals surface area (Å²) in [6.07, 6.45) is 2.81. The third-order valence-electron chi connectivity index (χ3n) is 6.10. The van der Waals surface area contributed by atoms with Gasteiger partial charge in [0.25, 0.3) is 5.91 Å². The molecule has 1 aliphatic carbocycles. The van der Waals surface area contributed by atoms with Gasteiger partial charge in [-0.05, 0) is 56.9 Å². The van der Waals surface area contributed by atoms with Gasteiger partial charge in [-0.1, -0.05) is 0 Å². The molecule has 0 spiro atoms. The van der Waals surface area contributed by atoms with E-state index in [1.165, 1.54) is 26.2 Å². The quantitative estimate of drug-likeness (QED) is 0.400. The van der Waals surface area contributed by atoms with E-state index in [-0.39, 0.29) is 30.7 Å². The highest BCUT2D eigenvalue weighted by atomic mass is 19.1. The molecule has 0 saturated heterocycles. The van der Waals surface area contributed by atoms with Crippen molar-refractivity contribution in [3.8, 4) is 17.5 Å². The van der Waals surface area contributed by atoms with Crippen LogP contribution < -0.4 is 10.6 Å². The van der Waals surface area contributed by atoms with Gasteiger partial charge in [-0.3, -0.25) is 9.78 Å². The summed E-state index contributed by atoms with van der Waals surface area (Å²) in [5, 5.41) is 38.4. The van der Waals surface area contributed by atoms with Crippen LogP contribution in [0.15, 0.2) is 36.7 Å². The van der Waals surface area contributed by atoms with Crippen LogP contribution in [0.3, 0.4) is 0 Å². The van der Waals surface area contributed by atoms with Crippen LogP contribution in [0.4, 0.5) is 10.1 Å². The standard InChI is InChI=1S/C24H27FN6O3/c1-24(2,34)22(25)12-28-23(33)18-11-27-20(8-19(18)30-16-5-14(6-16)13-32)21-4-3-17-7-15(9-26)10-29-31(17)21/h3-4,7-8,10-11,14,16,22,32,34H,5-6,12-13H2,1-2H3,(H,27,30)(H,28,33). The Morgan fingerprint density at radius 2 is 2.12 bits per heavy atom. The maximum Gasteiger partial charge on any atom is 0.255 e. The average molecular weight is 467 g/mol. The van der Waals surface area contributed by atoms with Gasteiger partial charge in [0.05, 0.1) is 52.1 Å². The van der Waals surface area contributed by atoms with Crippen molar-refractivity contribution in [2.75, 3.05) is 18.5 Å². The van der Waals surface area contributed by atoms with Crippen molar-refractivity contribution >= 4 is 17.1 Å². The van der Waals surface area contributed by atoms with Crippen LogP contribution in [-0.4, -0.2) is 61.7 Å². The molecule has 178 valence electrons. The van der Waals surface area contributed by atoms with Gasteiger partial charge in [0.15, 0.2) is 0 Å². The zero-order valence-electron chi connectivity index (χ0n) is 19.0. The van der Waals surface area contributed by atoms with Crippen LogP contribution in [0.5, 0.6) is 0 Å². The smallest absolute Gasteiger partial charge is 0.255 e. The Balaban J connectivity index is 1.63. The van der Waals surface area contributed by atoms with E-state index in [1.54, 1.807) is 16.6 Å². The molecule has 4 N–H and O–H groups in total. The van der Waals surface area contributed by atoms with Crippen molar-refractivity contribution in [3.05, 3.63) is 47.8 Å². The Hall–Kier alpha value is -3.55. The second-order valence-corrected chi connectivity index (χ2v) is 9.22. The molecule has 0 aromatic carbocycles. The third-order valence-corrected chi connectivity index (χ3v) is 6.10. The minimum atomic E-state index is -1.63. The Morgan fingerprint density at radius 3 is 2.79 bits per heavy atom. The number of pyridine rings is 1. The predicted molar refractivity (Wildman–Crippen MR) is 124 cm³/mol. The molecule has 0 aliphatic heterocycles. The fourth-order valence-electron chi connectivity index (χ4n) is 3.90. The van der Waals surface area contributed by atoms with Crippen LogP contribution in [-0.2, 0) is 0 Å². The van der Waals surface area contributed by atoms with Crippen molar-refractivity contribution in [2.45, 2.75) is 44.5 Å². The lowest BCUT2D eigenvalue weighted by Crippen LogP contribution is -2.42. The number of halogens is 1. The van der Waals surface area contributed by atoms with E-state index in [0.29, 0.717) is 22.6 Å². The molecule has 1 unspecified atom stereocenters. The monoisotopic (exact) mass is 466 g/mol. The molecule has 4 rings (SSSR count). The number of nitrogens with one attached hydrogen (secondary N) is 2. The van der Waals surface area contributed by atoms with Crippen molar-refractivity contribution in [1.82, 2.24) is 19.9 Å². The van der Waals surface area contributed by atoms with Crippen LogP contribution in [0.2, 0.25) is 0 Å². The van der Waals surface area contributed by atoms with Gasteiger partial charge in [-0.15, -0.1) is 0 Å². The number of fused-ring (bicyclic) bond motifs is 1. The van der Waals surface area contributed by atoms with Crippen LogP contribution in [0, 0.1) is 17.2 Å². The molecular weight excluding hydrogens is 439 g/mol. The summed E-state index contributed by atoms with van der Waals surface area (Å²) in [4.78, 5) is 17.3. The average Bonchev–Trinajstić information content (AvgIpc) is 3.21. The molecule has 10 heteroatoms. The van der Waals surface area contributed by atoms with Gasteiger partial charge < -0.3 is 20.8 Å². The SMILES string of the molecule is CC(C)(O)C(F)CNC(=O)c1cnc(-c2ccc3cc(C#N)cnn23)cc1NC1CC(CO)C1. The number of nitrogens with zero attached hydrogens (tertiary/aromatic N) is 4. The largest absolute Gasteiger partial charge is 0.396 e. The fraction of sp³-hybridized carbons (Fsp3) is 0.417. The first-order valence-corrected chi connectivity index (χ1v) is 11.1. The lowest BCUT2D eigenvalue weighted by molar-refractivity contribution is -0.00177. The topological polar surface area (TPSA) is 136 Å². The van der Waals surface area contributed by atoms with Crippen LogP contribution in [0.1, 0.15) is 42.6 Å². The van der Waals surface area contributed by atoms with E-state index in [1.807, 2.05) is 12.1 Å². The number of nitriles is 1. The lowest BCUT2D eigenvalue weighted by atomic mass is 9.80. The Morgan fingerprint density at radius 1 is 1.35 bits per heavy atom. The Kier molecular flexibility index (Phi) is 6.50. The molecule has 3 aromatic heterocycles. The van der Waals surface area contributed by atoms with E-state index in [4.69, 9.17) is 5.26 Å². The number of hydrogen-bond acceptors (Lipinski definition) is 7. The number of alkyl halides is 1. The number of amides is 1. The molecule has 1 fully saturated rings. The highest BCUT2D eigenvalue weighted by molar-refractivity contribution is 6.00. The number of aromatic nitrogens is 3. The van der Waals surface area contributed by atoms with Crippen molar-refractivity contribution in [2.24, 2.45) is 5.92 Å². The van der Waals surface area contributed by atoms with Gasteiger partial charge in [-0.25, -0.2) is 8.91 Å². The first kappa shape index (κ1) is 23.6. The van der Waals surface area contributed by atoms with Crippen molar-refractivity contribution in [3.63, 3.8) is 0 Å². The fourth-order valence-corrected chi connectivity index (χ4v) is 3.90. The van der Waals surface area contributed by atoms with Gasteiger partial charge in [0.1, 0.15) is 12.2 Å². The molecule has 1 aliphatic rings. The lowest BCUT2D eigenvalue weighted by Gasteiger charge is -2.35. The first-order chi connectivity index (χ1) is 16.2. The van der Waals surface area contributed by atoms with Gasteiger partial charge in [0, 0.05) is 18.8 Å². The second kappa shape index (κ2) is 9.37. The van der Waals surface area contributed by atoms with E-state index < -0.39 is 17.7 Å². The number of carbonyl (C=O) groups is 1. The zero-order chi connectivity index (χ0) is 24.5. The minimum absolute atomic E-state index is 0.0876. The van der Waals surface area contributed by atoms with Crippen LogP contribution in [0.25, 0.3) is 16.9 Å². The number of hydrogen-bond donors (Lipinski definition) is 4. The van der Waals surface area contributed by atoms with E-state index in [9.17, 15) is 19.4 Å². The van der Waals surface area contributed by atoms with E-state index in [0.717, 1.165) is 18.4 Å². The summed E-state index contributed by atoms with van der Waals surface area (Å²) in [7, 11) is 0. The van der Waals surface area contributed by atoms with Gasteiger partial charge >= 0.3 is 0 Å². The summed E-state index contributed by atoms with van der Waals surface area (Å²) in [5.74, 6) is -0.286. The normalized spacial score (nSPS) is 18.7. The molecule has 3 heterocycles. The zero-order valence-corrected chi connectivity index (χ0v) is 19.0. The van der Waals surface area contributed by atoms with Crippen LogP contribution >= 0.6 is 0 Å². The molecule has 1 amide bonds. The van der Waals surface area contributed by atoms with Gasteiger partial charge in [-0.2, -0.15) is 10.4 Å². The molecular formula is C24H27FN6O3. The molecule has 0 radical (unpaired) electrons. The summed E-state index contributed by atoms with van der Waals surface area (Å²) in [6, 6.07) is 9.27. The first-order valence-electron chi connectivity index (χ1n) is 11.1. The Bertz CT molecular complexity index is 1240. The summed E-state index contributed by atoms with van der Waals surface area (Å²) in [5.41, 5.74) is 1.64. The third kappa shape index (κ3) is 4.85. The maximum absolute atomic E-state index is 14.1. The van der Waals surface area contributed by atoms with E-state index in [2.05, 4.69) is 26.8 Å². The number of anilines is 1. The minimum Gasteiger partial charge on any atom is -0.396 e. The van der Waals surface area contributed by atoms with Crippen molar-refractivity contribution < 1.29 is 19.4 Å². The Labute approximate surface area is 196 Å². The highest BCUT2D eigenvalue weighted by Gasteiger charge is 2.30. The highest BCUT2D eigenvalue weighted by Crippen LogP contribution is 2.32. The summed E-state index contributed by atoms with van der Waals surface area (Å²) < 4.78 is 15.8. The maximum atomic E-state index is 14.1. The molecule has 34 heavy (non-hydrogen) atoms. The number of aliphatic hydroxyl groups is 2. The summed E-state index contributed by atoms with van der Waals surface area (Å²) in [6.45, 7) is 2.47. The molecule has 0 bridgehead atoms. The predicted octanol–water partition coefficient (Wildman–Crippen LogP) is 2.29. The molecule has 1 saturated carbocycles. The second-order valence-electron chi connectivity index (χ2n) is 9.22. The molecule has 3 aromatic rings. The van der Waals surface area contributed by atoms with E-state index >= 15 is 0 Å². The van der Waals surface area contributed by atoms with Gasteiger partial charge in [0.2, 0.25) is 0 Å². The number of aliphatic hydroxyl groups excluding tert-OH is 1. The van der Waals surface area contributed by atoms with Crippen molar-refractivity contribution in [1.29, 1.82) is 5.26 Å². The molecule has 9 nitrogen and oxygen atoms in total. The molecule has 1 atom stereocenters. The summed E-state index contributed by atoms with van der Waals surface area (Å²) >= 11 is 0. The number of carbonyl (C=O) groups excluding carboxylic acids is 1. The number of rotatable bonds is 8.